The summed E-state index contributed by atoms with van der Waals surface area (Å²) in [4.78, 5) is 17.8. The minimum atomic E-state index is -0.224. The van der Waals surface area contributed by atoms with Crippen molar-refractivity contribution in [2.75, 3.05) is 21.3 Å². The van der Waals surface area contributed by atoms with Crippen molar-refractivity contribution in [3.05, 3.63) is 73.3 Å². The molecule has 0 bridgehead atoms. The highest BCUT2D eigenvalue weighted by Gasteiger charge is 2.16. The minimum absolute atomic E-state index is 0.224. The molecule has 0 fully saturated rings. The number of ether oxygens (including phenoxy) is 3. The average molecular weight is 444 g/mol. The lowest BCUT2D eigenvalue weighted by atomic mass is 10.1. The molecule has 9 heteroatoms. The molecule has 0 radical (unpaired) electrons. The zero-order valence-corrected chi connectivity index (χ0v) is 18.1. The van der Waals surface area contributed by atoms with Crippen molar-refractivity contribution in [2.45, 2.75) is 6.42 Å². The number of hydrogen-bond donors (Lipinski definition) is 0. The van der Waals surface area contributed by atoms with Crippen LogP contribution in [0.15, 0.2) is 41.2 Å². The van der Waals surface area contributed by atoms with E-state index >= 15 is 0 Å². The monoisotopic (exact) mass is 443 g/mol. The number of methoxy groups -OCH3 is 3. The van der Waals surface area contributed by atoms with Crippen molar-refractivity contribution in [1.82, 2.24) is 14.6 Å². The summed E-state index contributed by atoms with van der Waals surface area (Å²) in [6.07, 6.45) is 2.17. The molecule has 0 saturated heterocycles. The number of thiazole rings is 1. The first-order valence-corrected chi connectivity index (χ1v) is 10.2. The Bertz CT molecular complexity index is 1310. The second-order valence-electron chi connectivity index (χ2n) is 6.37. The molecule has 2 aromatic carbocycles. The lowest BCUT2D eigenvalue weighted by Crippen LogP contribution is -2.23. The molecule has 30 heavy (non-hydrogen) atoms. The van der Waals surface area contributed by atoms with Crippen molar-refractivity contribution >= 4 is 34.0 Å². The predicted octanol–water partition coefficient (Wildman–Crippen LogP) is 2.97. The summed E-state index contributed by atoms with van der Waals surface area (Å²) >= 11 is 7.46. The molecule has 0 saturated carbocycles. The van der Waals surface area contributed by atoms with Crippen molar-refractivity contribution in [3.63, 3.8) is 0 Å². The van der Waals surface area contributed by atoms with Gasteiger partial charge in [-0.15, -0.1) is 5.10 Å². The second-order valence-corrected chi connectivity index (χ2v) is 7.79. The van der Waals surface area contributed by atoms with E-state index in [-0.39, 0.29) is 5.56 Å². The van der Waals surface area contributed by atoms with Gasteiger partial charge in [-0.1, -0.05) is 41.1 Å². The van der Waals surface area contributed by atoms with Crippen molar-refractivity contribution in [2.24, 2.45) is 0 Å². The summed E-state index contributed by atoms with van der Waals surface area (Å²) in [5.74, 6) is 2.14. The number of aromatic nitrogens is 3. The van der Waals surface area contributed by atoms with Crippen LogP contribution in [0.1, 0.15) is 17.0 Å². The van der Waals surface area contributed by atoms with Crippen molar-refractivity contribution in [1.29, 1.82) is 0 Å². The van der Waals surface area contributed by atoms with Gasteiger partial charge < -0.3 is 14.2 Å². The van der Waals surface area contributed by atoms with Crippen LogP contribution in [0.25, 0.3) is 11.0 Å². The molecule has 0 unspecified atom stereocenters. The Morgan fingerprint density at radius 1 is 1.10 bits per heavy atom. The smallest absolute Gasteiger partial charge is 0.291 e. The topological polar surface area (TPSA) is 75.0 Å². The molecule has 2 heterocycles. The molecule has 0 atom stereocenters. The van der Waals surface area contributed by atoms with Gasteiger partial charge in [-0.3, -0.25) is 4.79 Å². The Morgan fingerprint density at radius 3 is 2.40 bits per heavy atom. The third-order valence-corrected chi connectivity index (χ3v) is 5.81. The molecule has 0 amide bonds. The first-order chi connectivity index (χ1) is 14.5. The maximum Gasteiger partial charge on any atom is 0.291 e. The van der Waals surface area contributed by atoms with Gasteiger partial charge in [-0.2, -0.15) is 4.52 Å². The summed E-state index contributed by atoms with van der Waals surface area (Å²) in [5.41, 5.74) is 1.43. The van der Waals surface area contributed by atoms with E-state index in [0.29, 0.717) is 44.0 Å². The van der Waals surface area contributed by atoms with Gasteiger partial charge in [0.1, 0.15) is 0 Å². The lowest BCUT2D eigenvalue weighted by Gasteiger charge is -2.13. The largest absolute Gasteiger partial charge is 0.493 e. The van der Waals surface area contributed by atoms with Crippen LogP contribution in [0.4, 0.5) is 0 Å². The molecule has 0 aliphatic rings. The van der Waals surface area contributed by atoms with Crippen molar-refractivity contribution in [3.8, 4) is 17.2 Å². The standard InChI is InChI=1S/C21H18ClN3O4S/c1-27-15-8-12(9-16(28-2)19(15)29-3)10-18-23-21-25(24-18)20(26)17(30-21)11-13-6-4-5-7-14(13)22/h4-9,11H,10H2,1-3H3/b17-11-. The highest BCUT2D eigenvalue weighted by molar-refractivity contribution is 7.15. The van der Waals surface area contributed by atoms with Crippen molar-refractivity contribution < 1.29 is 14.2 Å². The van der Waals surface area contributed by atoms with Crippen LogP contribution in [-0.2, 0) is 6.42 Å². The molecule has 154 valence electrons. The van der Waals surface area contributed by atoms with Gasteiger partial charge >= 0.3 is 0 Å². The molecule has 2 aromatic heterocycles. The first-order valence-electron chi connectivity index (χ1n) is 8.97. The van der Waals surface area contributed by atoms with Crippen LogP contribution in [0.5, 0.6) is 17.2 Å². The average Bonchev–Trinajstić information content (AvgIpc) is 3.27. The van der Waals surface area contributed by atoms with E-state index in [9.17, 15) is 4.79 Å². The molecule has 7 nitrogen and oxygen atoms in total. The van der Waals surface area contributed by atoms with Crippen LogP contribution in [0.2, 0.25) is 5.02 Å². The third-order valence-electron chi connectivity index (χ3n) is 4.50. The first kappa shape index (κ1) is 20.2. The van der Waals surface area contributed by atoms with Gasteiger partial charge in [-0.05, 0) is 35.4 Å². The van der Waals surface area contributed by atoms with E-state index in [2.05, 4.69) is 10.1 Å². The summed E-state index contributed by atoms with van der Waals surface area (Å²) in [6, 6.07) is 11.0. The fraction of sp³-hybridized carbons (Fsp3) is 0.190. The van der Waals surface area contributed by atoms with Crippen LogP contribution in [0.3, 0.4) is 0 Å². The number of fused-ring (bicyclic) bond motifs is 1. The number of hydrogen-bond acceptors (Lipinski definition) is 7. The maximum atomic E-state index is 12.7. The summed E-state index contributed by atoms with van der Waals surface area (Å²) in [7, 11) is 4.68. The quantitative estimate of drug-likeness (QED) is 0.456. The van der Waals surface area contributed by atoms with Crippen LogP contribution in [-0.4, -0.2) is 35.9 Å². The van der Waals surface area contributed by atoms with E-state index in [4.69, 9.17) is 25.8 Å². The number of nitrogens with zero attached hydrogens (tertiary/aromatic N) is 3. The fourth-order valence-electron chi connectivity index (χ4n) is 3.10. The highest BCUT2D eigenvalue weighted by Crippen LogP contribution is 2.38. The zero-order chi connectivity index (χ0) is 21.3. The molecule has 0 spiro atoms. The summed E-state index contributed by atoms with van der Waals surface area (Å²) < 4.78 is 18.0. The van der Waals surface area contributed by atoms with Crippen LogP contribution >= 0.6 is 22.9 Å². The predicted molar refractivity (Wildman–Crippen MR) is 116 cm³/mol. The fourth-order valence-corrected chi connectivity index (χ4v) is 4.21. The molecule has 4 rings (SSSR count). The SMILES string of the molecule is COc1cc(Cc2nc3s/c(=C\c4ccccc4Cl)c(=O)n3n2)cc(OC)c1OC. The molecule has 4 aromatic rings. The normalized spacial score (nSPS) is 11.8. The summed E-state index contributed by atoms with van der Waals surface area (Å²) in [6.45, 7) is 0. The van der Waals surface area contributed by atoms with Crippen LogP contribution in [0, 0.1) is 0 Å². The molecular weight excluding hydrogens is 426 g/mol. The third kappa shape index (κ3) is 3.71. The van der Waals surface area contributed by atoms with E-state index in [0.717, 1.165) is 11.1 Å². The zero-order valence-electron chi connectivity index (χ0n) is 16.5. The number of benzene rings is 2. The van der Waals surface area contributed by atoms with Gasteiger partial charge in [0.15, 0.2) is 17.3 Å². The van der Waals surface area contributed by atoms with E-state index in [1.807, 2.05) is 30.3 Å². The minimum Gasteiger partial charge on any atom is -0.493 e. The number of rotatable bonds is 6. The van der Waals surface area contributed by atoms with Gasteiger partial charge in [0.05, 0.1) is 25.9 Å². The van der Waals surface area contributed by atoms with Gasteiger partial charge in [0, 0.05) is 11.4 Å². The Morgan fingerprint density at radius 2 is 1.80 bits per heavy atom. The number of halogens is 1. The van der Waals surface area contributed by atoms with E-state index < -0.39 is 0 Å². The second kappa shape index (κ2) is 8.33. The Labute approximate surface area is 181 Å². The van der Waals surface area contributed by atoms with Gasteiger partial charge in [0.25, 0.3) is 5.56 Å². The Balaban J connectivity index is 1.69. The van der Waals surface area contributed by atoms with Gasteiger partial charge in [-0.25, -0.2) is 4.98 Å². The highest BCUT2D eigenvalue weighted by atomic mass is 35.5. The van der Waals surface area contributed by atoms with Gasteiger partial charge in [0.2, 0.25) is 10.7 Å². The molecule has 0 N–H and O–H groups in total. The molecule has 0 aliphatic heterocycles. The van der Waals surface area contributed by atoms with E-state index in [1.54, 1.807) is 33.5 Å². The lowest BCUT2D eigenvalue weighted by molar-refractivity contribution is 0.324. The Hall–Kier alpha value is -3.10. The Kier molecular flexibility index (Phi) is 5.61. The summed E-state index contributed by atoms with van der Waals surface area (Å²) in [5, 5.41) is 4.97. The molecular formula is C21H18ClN3O4S. The van der Waals surface area contributed by atoms with Crippen LogP contribution < -0.4 is 24.3 Å². The molecule has 0 aliphatic carbocycles. The van der Waals surface area contributed by atoms with E-state index in [1.165, 1.54) is 15.9 Å². The maximum absolute atomic E-state index is 12.7.